The lowest BCUT2D eigenvalue weighted by Gasteiger charge is -2.38. The lowest BCUT2D eigenvalue weighted by Crippen LogP contribution is -2.44. The fourth-order valence-electron chi connectivity index (χ4n) is 4.62. The number of rotatable bonds is 5. The number of anilines is 1. The van der Waals surface area contributed by atoms with Crippen LogP contribution < -0.4 is 9.64 Å². The van der Waals surface area contributed by atoms with Crippen molar-refractivity contribution in [2.45, 2.75) is 26.4 Å². The van der Waals surface area contributed by atoms with Gasteiger partial charge in [0.1, 0.15) is 5.82 Å². The maximum absolute atomic E-state index is 5.45. The SMILES string of the molecule is COc1ncccc1-c1cnn2ccc(N3CCc4c(cnn4CC4(C)COC4)C3)nc12. The standard InChI is InChI=1S/C23H25N7O2/c1-23(14-32-15-23)13-30-19-5-8-28(12-16(19)10-25-30)20-6-9-29-21(27-20)18(11-26-29)17-4-3-7-24-22(17)31-2/h3-4,6-7,9-11H,5,8,12-15H2,1-2H3. The molecular weight excluding hydrogens is 406 g/mol. The molecule has 0 bridgehead atoms. The number of ether oxygens (including phenoxy) is 2. The monoisotopic (exact) mass is 431 g/mol. The Morgan fingerprint density at radius 2 is 2.06 bits per heavy atom. The van der Waals surface area contributed by atoms with Crippen LogP contribution in [0, 0.1) is 5.41 Å². The molecule has 1 saturated heterocycles. The third-order valence-corrected chi connectivity index (χ3v) is 6.38. The summed E-state index contributed by atoms with van der Waals surface area (Å²) in [5, 5.41) is 9.16. The highest BCUT2D eigenvalue weighted by Crippen LogP contribution is 2.33. The van der Waals surface area contributed by atoms with Crippen molar-refractivity contribution < 1.29 is 9.47 Å². The van der Waals surface area contributed by atoms with E-state index in [1.54, 1.807) is 17.8 Å². The largest absolute Gasteiger partial charge is 0.481 e. The molecule has 0 atom stereocenters. The van der Waals surface area contributed by atoms with Crippen LogP contribution in [0.4, 0.5) is 5.82 Å². The minimum absolute atomic E-state index is 0.204. The molecule has 6 heterocycles. The van der Waals surface area contributed by atoms with Gasteiger partial charge in [-0.3, -0.25) is 4.68 Å². The molecule has 164 valence electrons. The van der Waals surface area contributed by atoms with Crippen molar-refractivity contribution in [3.8, 4) is 17.0 Å². The van der Waals surface area contributed by atoms with E-state index in [9.17, 15) is 0 Å². The van der Waals surface area contributed by atoms with Gasteiger partial charge in [-0.05, 0) is 18.2 Å². The van der Waals surface area contributed by atoms with E-state index in [0.717, 1.165) is 61.9 Å². The molecule has 0 unspecified atom stereocenters. The molecule has 4 aromatic rings. The Kier molecular flexibility index (Phi) is 4.39. The molecule has 6 rings (SSSR count). The summed E-state index contributed by atoms with van der Waals surface area (Å²) in [5.74, 6) is 1.50. The summed E-state index contributed by atoms with van der Waals surface area (Å²) in [7, 11) is 1.63. The fraction of sp³-hybridized carbons (Fsp3) is 0.391. The van der Waals surface area contributed by atoms with Crippen LogP contribution in [0.5, 0.6) is 5.88 Å². The Balaban J connectivity index is 1.30. The molecule has 2 aliphatic heterocycles. The second kappa shape index (κ2) is 7.30. The number of aromatic nitrogens is 6. The molecule has 9 nitrogen and oxygen atoms in total. The summed E-state index contributed by atoms with van der Waals surface area (Å²) < 4.78 is 14.8. The van der Waals surface area contributed by atoms with Gasteiger partial charge in [-0.2, -0.15) is 10.2 Å². The maximum atomic E-state index is 5.45. The lowest BCUT2D eigenvalue weighted by atomic mass is 9.88. The van der Waals surface area contributed by atoms with Crippen LogP contribution in [0.25, 0.3) is 16.8 Å². The van der Waals surface area contributed by atoms with Gasteiger partial charge in [0.2, 0.25) is 5.88 Å². The highest BCUT2D eigenvalue weighted by molar-refractivity contribution is 5.80. The zero-order valence-electron chi connectivity index (χ0n) is 18.2. The predicted molar refractivity (Wildman–Crippen MR) is 119 cm³/mol. The summed E-state index contributed by atoms with van der Waals surface area (Å²) in [6.07, 6.45) is 8.45. The number of methoxy groups -OCH3 is 1. The van der Waals surface area contributed by atoms with Crippen molar-refractivity contribution >= 4 is 11.5 Å². The first-order valence-corrected chi connectivity index (χ1v) is 10.8. The average molecular weight is 432 g/mol. The first kappa shape index (κ1) is 19.2. The highest BCUT2D eigenvalue weighted by Gasteiger charge is 2.35. The van der Waals surface area contributed by atoms with Crippen LogP contribution in [-0.4, -0.2) is 56.2 Å². The molecule has 2 aliphatic rings. The third-order valence-electron chi connectivity index (χ3n) is 6.38. The van der Waals surface area contributed by atoms with E-state index in [1.165, 1.54) is 11.3 Å². The Morgan fingerprint density at radius 3 is 2.88 bits per heavy atom. The molecule has 0 radical (unpaired) electrons. The van der Waals surface area contributed by atoms with Gasteiger partial charge >= 0.3 is 0 Å². The Hall–Kier alpha value is -3.46. The first-order chi connectivity index (χ1) is 15.6. The predicted octanol–water partition coefficient (Wildman–Crippen LogP) is 2.60. The van der Waals surface area contributed by atoms with Crippen LogP contribution in [0.15, 0.2) is 43.0 Å². The minimum Gasteiger partial charge on any atom is -0.481 e. The second-order valence-corrected chi connectivity index (χ2v) is 8.92. The molecule has 0 aromatic carbocycles. The molecular formula is C23H25N7O2. The first-order valence-electron chi connectivity index (χ1n) is 10.8. The number of pyridine rings is 1. The molecule has 0 N–H and O–H groups in total. The molecule has 0 amide bonds. The summed E-state index contributed by atoms with van der Waals surface area (Å²) in [5.41, 5.74) is 5.37. The topological polar surface area (TPSA) is 82.6 Å². The quantitative estimate of drug-likeness (QED) is 0.480. The Bertz CT molecular complexity index is 1290. The minimum atomic E-state index is 0.204. The molecule has 9 heteroatoms. The number of nitrogens with zero attached hydrogens (tertiary/aromatic N) is 7. The van der Waals surface area contributed by atoms with Crippen LogP contribution >= 0.6 is 0 Å². The van der Waals surface area contributed by atoms with Gasteiger partial charge in [-0.25, -0.2) is 14.5 Å². The lowest BCUT2D eigenvalue weighted by molar-refractivity contribution is -0.111. The molecule has 0 aliphatic carbocycles. The van der Waals surface area contributed by atoms with Crippen molar-refractivity contribution in [3.63, 3.8) is 0 Å². The molecule has 4 aromatic heterocycles. The van der Waals surface area contributed by atoms with E-state index in [2.05, 4.69) is 31.7 Å². The Labute approximate surface area is 185 Å². The number of fused-ring (bicyclic) bond motifs is 2. The molecule has 1 fully saturated rings. The van der Waals surface area contributed by atoms with E-state index >= 15 is 0 Å². The highest BCUT2D eigenvalue weighted by atomic mass is 16.5. The van der Waals surface area contributed by atoms with Gasteiger partial charge in [0, 0.05) is 54.1 Å². The van der Waals surface area contributed by atoms with E-state index in [1.807, 2.05) is 36.8 Å². The summed E-state index contributed by atoms with van der Waals surface area (Å²) >= 11 is 0. The number of hydrogen-bond donors (Lipinski definition) is 0. The zero-order chi connectivity index (χ0) is 21.7. The van der Waals surface area contributed by atoms with Crippen molar-refractivity contribution in [2.75, 3.05) is 31.8 Å². The van der Waals surface area contributed by atoms with Crippen LogP contribution in [-0.2, 0) is 24.2 Å². The molecule has 0 spiro atoms. The molecule has 32 heavy (non-hydrogen) atoms. The van der Waals surface area contributed by atoms with E-state index < -0.39 is 0 Å². The second-order valence-electron chi connectivity index (χ2n) is 8.92. The van der Waals surface area contributed by atoms with Crippen LogP contribution in [0.3, 0.4) is 0 Å². The molecule has 0 saturated carbocycles. The average Bonchev–Trinajstić information content (AvgIpc) is 3.41. The summed E-state index contributed by atoms with van der Waals surface area (Å²) in [6, 6.07) is 5.89. The summed E-state index contributed by atoms with van der Waals surface area (Å²) in [4.78, 5) is 11.6. The number of hydrogen-bond acceptors (Lipinski definition) is 7. The van der Waals surface area contributed by atoms with E-state index in [4.69, 9.17) is 14.5 Å². The Morgan fingerprint density at radius 1 is 1.16 bits per heavy atom. The fourth-order valence-corrected chi connectivity index (χ4v) is 4.62. The van der Waals surface area contributed by atoms with Crippen molar-refractivity contribution in [3.05, 3.63) is 54.2 Å². The zero-order valence-corrected chi connectivity index (χ0v) is 18.2. The van der Waals surface area contributed by atoms with Gasteiger partial charge in [-0.1, -0.05) is 6.92 Å². The van der Waals surface area contributed by atoms with Crippen molar-refractivity contribution in [2.24, 2.45) is 5.41 Å². The van der Waals surface area contributed by atoms with Gasteiger partial charge < -0.3 is 14.4 Å². The third kappa shape index (κ3) is 3.12. The normalized spacial score (nSPS) is 17.2. The van der Waals surface area contributed by atoms with Gasteiger partial charge in [0.15, 0.2) is 5.65 Å². The smallest absolute Gasteiger partial charge is 0.221 e. The summed E-state index contributed by atoms with van der Waals surface area (Å²) in [6.45, 7) is 6.50. The van der Waals surface area contributed by atoms with E-state index in [0.29, 0.717) is 5.88 Å². The van der Waals surface area contributed by atoms with Gasteiger partial charge in [0.05, 0.1) is 44.8 Å². The van der Waals surface area contributed by atoms with Crippen LogP contribution in [0.2, 0.25) is 0 Å². The van der Waals surface area contributed by atoms with Gasteiger partial charge in [-0.15, -0.1) is 0 Å². The van der Waals surface area contributed by atoms with Gasteiger partial charge in [0.25, 0.3) is 0 Å². The van der Waals surface area contributed by atoms with Crippen LogP contribution in [0.1, 0.15) is 18.2 Å². The van der Waals surface area contributed by atoms with Crippen molar-refractivity contribution in [1.29, 1.82) is 0 Å². The van der Waals surface area contributed by atoms with Crippen molar-refractivity contribution in [1.82, 2.24) is 29.4 Å². The maximum Gasteiger partial charge on any atom is 0.221 e. The van der Waals surface area contributed by atoms with E-state index in [-0.39, 0.29) is 5.41 Å².